The van der Waals surface area contributed by atoms with Crippen molar-refractivity contribution in [2.45, 2.75) is 99.8 Å². The van der Waals surface area contributed by atoms with Crippen LogP contribution >= 0.6 is 12.6 Å². The summed E-state index contributed by atoms with van der Waals surface area (Å²) in [5, 5.41) is 37.1. The third kappa shape index (κ3) is 9.52. The summed E-state index contributed by atoms with van der Waals surface area (Å²) < 4.78 is 0. The second-order valence-corrected chi connectivity index (χ2v) is 15.2. The first-order valence-electron chi connectivity index (χ1n) is 18.9. The molecule has 21 nitrogen and oxygen atoms in total. The number of carbonyl (C=O) groups is 9. The molecule has 0 saturated carbocycles. The number of hydrogen-bond donors (Lipinski definition) is 8. The predicted octanol–water partition coefficient (Wildman–Crippen LogP) is -5.43. The molecule has 0 radical (unpaired) electrons. The zero-order valence-electron chi connectivity index (χ0n) is 30.9. The Bertz CT molecular complexity index is 1590. The van der Waals surface area contributed by atoms with E-state index in [2.05, 4.69) is 28.6 Å². The topological polar surface area (TPSA) is 293 Å². The molecule has 0 aromatic heterocycles. The lowest BCUT2D eigenvalue weighted by atomic mass is 10.1. The molecule has 8 atom stereocenters. The maximum Gasteiger partial charge on any atom is 0.322 e. The molecule has 0 aromatic carbocycles. The number of aliphatic hydroxyl groups is 2. The Labute approximate surface area is 328 Å². The highest BCUT2D eigenvalue weighted by Crippen LogP contribution is 2.27. The number of hydrogen-bond acceptors (Lipinski definition) is 13. The van der Waals surface area contributed by atoms with E-state index in [9.17, 15) is 53.4 Å². The van der Waals surface area contributed by atoms with Gasteiger partial charge in [0.2, 0.25) is 47.3 Å². The van der Waals surface area contributed by atoms with E-state index in [4.69, 9.17) is 10.8 Å². The number of nitrogens with two attached hydrogens (primary N) is 1. The van der Waals surface area contributed by atoms with Gasteiger partial charge < -0.3 is 61.5 Å². The Balaban J connectivity index is 1.15. The van der Waals surface area contributed by atoms with Gasteiger partial charge in [-0.2, -0.15) is 12.6 Å². The minimum absolute atomic E-state index is 0.0971. The van der Waals surface area contributed by atoms with Crippen LogP contribution in [0.4, 0.5) is 0 Å². The van der Waals surface area contributed by atoms with Crippen molar-refractivity contribution in [3.05, 3.63) is 0 Å². The summed E-state index contributed by atoms with van der Waals surface area (Å²) >= 11 is 4.05. The number of rotatable bonds is 13. The van der Waals surface area contributed by atoms with Gasteiger partial charge in [-0.3, -0.25) is 43.2 Å². The Kier molecular flexibility index (Phi) is 14.2. The van der Waals surface area contributed by atoms with Crippen molar-refractivity contribution in [1.82, 2.24) is 40.4 Å². The SMILES string of the molecule is N[C@@H](CS)C(=O)N1CCC[C@H]1C(=O)NCC(=O)N1C[C@H](O)C[C@H]1C(=O)N1CCC[C@H]1C(=O)NCC(=O)N1C[C@H](O)C[C@H]1C(=O)N1CCC[C@H]1C(=O)NCC(=O)O. The second-order valence-electron chi connectivity index (χ2n) is 14.8. The van der Waals surface area contributed by atoms with Crippen molar-refractivity contribution >= 4 is 65.9 Å². The number of β-amino-alcohol motifs (C(OH)–C–C–N with tert-alkyl or cyclic N) is 2. The normalized spacial score (nSPS) is 28.0. The summed E-state index contributed by atoms with van der Waals surface area (Å²) in [4.78, 5) is 123. The molecular weight excluding hydrogens is 758 g/mol. The summed E-state index contributed by atoms with van der Waals surface area (Å²) in [5.74, 6) is -5.89. The number of carbonyl (C=O) groups excluding carboxylic acids is 8. The number of likely N-dealkylation sites (tertiary alicyclic amines) is 5. The first kappa shape index (κ1) is 42.6. The number of nitrogens with zero attached hydrogens (tertiary/aromatic N) is 5. The lowest BCUT2D eigenvalue weighted by Gasteiger charge is -2.32. The minimum Gasteiger partial charge on any atom is -0.480 e. The second kappa shape index (κ2) is 18.6. The van der Waals surface area contributed by atoms with Gasteiger partial charge in [0, 0.05) is 51.3 Å². The van der Waals surface area contributed by atoms with E-state index in [0.29, 0.717) is 38.6 Å². The molecule has 5 saturated heterocycles. The van der Waals surface area contributed by atoms with Gasteiger partial charge in [0.1, 0.15) is 36.8 Å². The molecule has 8 N–H and O–H groups in total. The van der Waals surface area contributed by atoms with Gasteiger partial charge in [-0.25, -0.2) is 0 Å². The van der Waals surface area contributed by atoms with Crippen LogP contribution in [0.1, 0.15) is 51.4 Å². The summed E-state index contributed by atoms with van der Waals surface area (Å²) in [6.07, 6.45) is 0.147. The standard InChI is InChI=1S/C34H51N9O12S/c35-20(17-56)32(53)39-7-1-4-21(39)29(50)36-12-26(46)42-15-18(44)10-24(42)33(54)40-8-2-5-22(40)30(51)37-13-27(47)43-16-19(45)11-25(43)34(55)41-9-3-6-23(41)31(52)38-14-28(48)49/h18-25,44-45,56H,1-17,35H2,(H,36,50)(H,37,51)(H,38,52)(H,48,49)/t18-,19-,20+,21+,22+,23+,24+,25+/m1/s1. The van der Waals surface area contributed by atoms with Crippen LogP contribution in [0.25, 0.3) is 0 Å². The first-order valence-corrected chi connectivity index (χ1v) is 19.5. The molecular formula is C34H51N9O12S. The summed E-state index contributed by atoms with van der Waals surface area (Å²) in [5.41, 5.74) is 5.81. The largest absolute Gasteiger partial charge is 0.480 e. The maximum atomic E-state index is 13.8. The number of nitrogens with one attached hydrogen (secondary N) is 3. The molecule has 56 heavy (non-hydrogen) atoms. The van der Waals surface area contributed by atoms with Crippen LogP contribution in [0.3, 0.4) is 0 Å². The van der Waals surface area contributed by atoms with Crippen LogP contribution in [0.2, 0.25) is 0 Å². The number of amides is 8. The molecule has 310 valence electrons. The molecule has 5 rings (SSSR count). The molecule has 0 unspecified atom stereocenters. The number of carboxylic acid groups (broad SMARTS) is 1. The minimum atomic E-state index is -1.25. The zero-order valence-corrected chi connectivity index (χ0v) is 31.8. The van der Waals surface area contributed by atoms with Gasteiger partial charge in [-0.05, 0) is 38.5 Å². The predicted molar refractivity (Wildman–Crippen MR) is 195 cm³/mol. The van der Waals surface area contributed by atoms with E-state index < -0.39 is 121 Å². The Morgan fingerprint density at radius 2 is 0.964 bits per heavy atom. The van der Waals surface area contributed by atoms with Crippen molar-refractivity contribution in [1.29, 1.82) is 0 Å². The third-order valence-corrected chi connectivity index (χ3v) is 11.4. The van der Waals surface area contributed by atoms with Crippen molar-refractivity contribution in [3.8, 4) is 0 Å². The molecule has 0 spiro atoms. The van der Waals surface area contributed by atoms with Gasteiger partial charge in [-0.15, -0.1) is 0 Å². The Morgan fingerprint density at radius 3 is 1.36 bits per heavy atom. The van der Waals surface area contributed by atoms with Gasteiger partial charge in [0.25, 0.3) is 0 Å². The number of thiol groups is 1. The fourth-order valence-electron chi connectivity index (χ4n) is 8.27. The number of aliphatic carboxylic acids is 1. The smallest absolute Gasteiger partial charge is 0.322 e. The van der Waals surface area contributed by atoms with E-state index in [-0.39, 0.29) is 51.2 Å². The van der Waals surface area contributed by atoms with Crippen molar-refractivity contribution < 1.29 is 58.5 Å². The third-order valence-electron chi connectivity index (χ3n) is 11.0. The van der Waals surface area contributed by atoms with E-state index in [1.54, 1.807) is 0 Å². The van der Waals surface area contributed by atoms with Crippen molar-refractivity contribution in [2.24, 2.45) is 5.73 Å². The van der Waals surface area contributed by atoms with E-state index in [1.807, 2.05) is 0 Å². The van der Waals surface area contributed by atoms with Crippen LogP contribution in [0, 0.1) is 0 Å². The van der Waals surface area contributed by atoms with Gasteiger partial charge in [0.05, 0.1) is 31.3 Å². The fraction of sp³-hybridized carbons (Fsp3) is 0.735. The van der Waals surface area contributed by atoms with Crippen LogP contribution in [0.5, 0.6) is 0 Å². The van der Waals surface area contributed by atoms with Gasteiger partial charge in [0.15, 0.2) is 0 Å². The Hall–Kier alpha value is -4.54. The maximum absolute atomic E-state index is 13.8. The highest BCUT2D eigenvalue weighted by molar-refractivity contribution is 7.80. The molecule has 5 fully saturated rings. The molecule has 5 aliphatic heterocycles. The molecule has 8 amide bonds. The lowest BCUT2D eigenvalue weighted by molar-refractivity contribution is -0.148. The highest BCUT2D eigenvalue weighted by atomic mass is 32.1. The monoisotopic (exact) mass is 809 g/mol. The lowest BCUT2D eigenvalue weighted by Crippen LogP contribution is -2.56. The summed E-state index contributed by atoms with van der Waals surface area (Å²) in [6.45, 7) is -1.35. The molecule has 0 aromatic rings. The molecule has 0 bridgehead atoms. The highest BCUT2D eigenvalue weighted by Gasteiger charge is 2.47. The van der Waals surface area contributed by atoms with Crippen LogP contribution < -0.4 is 21.7 Å². The van der Waals surface area contributed by atoms with E-state index in [0.717, 1.165) is 9.80 Å². The number of aliphatic hydroxyl groups excluding tert-OH is 2. The number of carboxylic acids is 1. The van der Waals surface area contributed by atoms with Crippen LogP contribution in [-0.4, -0.2) is 200 Å². The molecule has 5 aliphatic rings. The summed E-state index contributed by atoms with van der Waals surface area (Å²) in [7, 11) is 0. The van der Waals surface area contributed by atoms with Gasteiger partial charge >= 0.3 is 5.97 Å². The summed E-state index contributed by atoms with van der Waals surface area (Å²) in [6, 6.07) is -5.88. The molecule has 5 heterocycles. The first-order chi connectivity index (χ1) is 26.6. The zero-order chi connectivity index (χ0) is 40.8. The fourth-order valence-corrected chi connectivity index (χ4v) is 8.43. The molecule has 22 heteroatoms. The van der Waals surface area contributed by atoms with Crippen molar-refractivity contribution in [2.75, 3.05) is 58.1 Å². The van der Waals surface area contributed by atoms with E-state index >= 15 is 0 Å². The van der Waals surface area contributed by atoms with E-state index in [1.165, 1.54) is 14.7 Å². The average molecular weight is 810 g/mol. The molecule has 0 aliphatic carbocycles. The van der Waals surface area contributed by atoms with Crippen LogP contribution in [0.15, 0.2) is 0 Å². The van der Waals surface area contributed by atoms with Crippen molar-refractivity contribution in [3.63, 3.8) is 0 Å². The van der Waals surface area contributed by atoms with Gasteiger partial charge in [-0.1, -0.05) is 0 Å². The average Bonchev–Trinajstić information content (AvgIpc) is 4.03. The van der Waals surface area contributed by atoms with Crippen LogP contribution in [-0.2, 0) is 43.2 Å². The Morgan fingerprint density at radius 1 is 0.589 bits per heavy atom. The quantitative estimate of drug-likeness (QED) is 0.0808.